The Hall–Kier alpha value is -0.980. The summed E-state index contributed by atoms with van der Waals surface area (Å²) in [6.07, 6.45) is 3.06. The van der Waals surface area contributed by atoms with E-state index in [9.17, 15) is 0 Å². The van der Waals surface area contributed by atoms with Crippen LogP contribution in [0.15, 0.2) is 4.52 Å². The van der Waals surface area contributed by atoms with Crippen molar-refractivity contribution in [2.24, 2.45) is 5.73 Å². The smallest absolute Gasteiger partial charge is 0.255 e. The molecule has 2 atom stereocenters. The number of hydrogen-bond donors (Lipinski definition) is 1. The highest BCUT2D eigenvalue weighted by atomic mass is 16.5. The van der Waals surface area contributed by atoms with Crippen molar-refractivity contribution in [1.29, 1.82) is 0 Å². The molecule has 6 heteroatoms. The molecule has 1 aliphatic rings. The average Bonchev–Trinajstić information content (AvgIpc) is 2.80. The largest absolute Gasteiger partial charge is 0.382 e. The van der Waals surface area contributed by atoms with Gasteiger partial charge < -0.3 is 19.7 Å². The van der Waals surface area contributed by atoms with E-state index in [1.54, 1.807) is 7.11 Å². The first-order valence-electron chi connectivity index (χ1n) is 5.87. The highest BCUT2D eigenvalue weighted by Crippen LogP contribution is 2.27. The highest BCUT2D eigenvalue weighted by Gasteiger charge is 2.30. The van der Waals surface area contributed by atoms with Gasteiger partial charge in [-0.1, -0.05) is 5.16 Å². The number of ether oxygens (including phenoxy) is 2. The maximum absolute atomic E-state index is 6.04. The summed E-state index contributed by atoms with van der Waals surface area (Å²) in [5, 5.41) is 3.91. The number of methoxy groups -OCH3 is 1. The van der Waals surface area contributed by atoms with E-state index in [4.69, 9.17) is 19.7 Å². The highest BCUT2D eigenvalue weighted by molar-refractivity contribution is 5.03. The molecule has 2 rings (SSSR count). The Bertz CT molecular complexity index is 359. The van der Waals surface area contributed by atoms with Gasteiger partial charge in [0.25, 0.3) is 5.89 Å². The standard InChI is InChI=1S/C11H19N3O3/c1-11(12,7-15-2)10-13-9(17-14-10)8-5-3-4-6-16-8/h8H,3-7,12H2,1-2H3. The summed E-state index contributed by atoms with van der Waals surface area (Å²) in [4.78, 5) is 4.32. The van der Waals surface area contributed by atoms with Crippen molar-refractivity contribution in [2.45, 2.75) is 37.8 Å². The zero-order chi connectivity index (χ0) is 12.3. The Labute approximate surface area is 100 Å². The molecule has 0 spiro atoms. The van der Waals surface area contributed by atoms with Crippen molar-refractivity contribution in [1.82, 2.24) is 10.1 Å². The summed E-state index contributed by atoms with van der Waals surface area (Å²) in [7, 11) is 1.59. The van der Waals surface area contributed by atoms with Crippen molar-refractivity contribution in [3.63, 3.8) is 0 Å². The fourth-order valence-electron chi connectivity index (χ4n) is 1.90. The van der Waals surface area contributed by atoms with Crippen LogP contribution in [0.4, 0.5) is 0 Å². The van der Waals surface area contributed by atoms with Gasteiger partial charge in [-0.2, -0.15) is 4.98 Å². The van der Waals surface area contributed by atoms with Gasteiger partial charge in [-0.25, -0.2) is 0 Å². The average molecular weight is 241 g/mol. The van der Waals surface area contributed by atoms with Crippen LogP contribution in [-0.4, -0.2) is 30.5 Å². The van der Waals surface area contributed by atoms with E-state index in [2.05, 4.69) is 10.1 Å². The molecule has 1 saturated heterocycles. The van der Waals surface area contributed by atoms with E-state index < -0.39 is 5.54 Å². The van der Waals surface area contributed by atoms with Crippen LogP contribution in [0.1, 0.15) is 44.0 Å². The molecule has 1 aromatic rings. The third-order valence-electron chi connectivity index (χ3n) is 2.85. The van der Waals surface area contributed by atoms with E-state index in [0.717, 1.165) is 25.9 Å². The summed E-state index contributed by atoms with van der Waals surface area (Å²) in [6, 6.07) is 0. The zero-order valence-electron chi connectivity index (χ0n) is 10.3. The molecule has 96 valence electrons. The fraction of sp³-hybridized carbons (Fsp3) is 0.818. The first-order chi connectivity index (χ1) is 8.13. The molecule has 0 aromatic carbocycles. The quantitative estimate of drug-likeness (QED) is 0.850. The molecule has 2 N–H and O–H groups in total. The molecule has 0 radical (unpaired) electrons. The minimum atomic E-state index is -0.731. The number of rotatable bonds is 4. The molecule has 2 unspecified atom stereocenters. The van der Waals surface area contributed by atoms with E-state index in [0.29, 0.717) is 18.3 Å². The second-order valence-electron chi connectivity index (χ2n) is 4.66. The molecule has 1 fully saturated rings. The first-order valence-corrected chi connectivity index (χ1v) is 5.87. The molecule has 1 aromatic heterocycles. The summed E-state index contributed by atoms with van der Waals surface area (Å²) < 4.78 is 15.8. The monoisotopic (exact) mass is 241 g/mol. The Morgan fingerprint density at radius 2 is 2.35 bits per heavy atom. The Balaban J connectivity index is 2.09. The summed E-state index contributed by atoms with van der Waals surface area (Å²) >= 11 is 0. The van der Waals surface area contributed by atoms with Gasteiger partial charge in [-0.3, -0.25) is 0 Å². The lowest BCUT2D eigenvalue weighted by molar-refractivity contribution is -0.00459. The molecule has 0 saturated carbocycles. The normalized spacial score (nSPS) is 24.5. The Morgan fingerprint density at radius 1 is 1.53 bits per heavy atom. The fourth-order valence-corrected chi connectivity index (χ4v) is 1.90. The van der Waals surface area contributed by atoms with E-state index >= 15 is 0 Å². The Morgan fingerprint density at radius 3 is 3.00 bits per heavy atom. The molecule has 0 bridgehead atoms. The van der Waals surface area contributed by atoms with Crippen LogP contribution in [0, 0.1) is 0 Å². The van der Waals surface area contributed by atoms with Crippen molar-refractivity contribution in [2.75, 3.05) is 20.3 Å². The number of hydrogen-bond acceptors (Lipinski definition) is 6. The van der Waals surface area contributed by atoms with Crippen molar-refractivity contribution < 1.29 is 14.0 Å². The van der Waals surface area contributed by atoms with Gasteiger partial charge in [0.2, 0.25) is 0 Å². The predicted molar refractivity (Wildman–Crippen MR) is 60.3 cm³/mol. The lowest BCUT2D eigenvalue weighted by Gasteiger charge is -2.20. The molecule has 0 amide bonds. The van der Waals surface area contributed by atoms with Crippen LogP contribution in [0.3, 0.4) is 0 Å². The third kappa shape index (κ3) is 2.83. The van der Waals surface area contributed by atoms with Gasteiger partial charge in [-0.05, 0) is 26.2 Å². The molecular weight excluding hydrogens is 222 g/mol. The molecular formula is C11H19N3O3. The van der Waals surface area contributed by atoms with Crippen molar-refractivity contribution >= 4 is 0 Å². The molecule has 1 aliphatic heterocycles. The van der Waals surface area contributed by atoms with Crippen LogP contribution >= 0.6 is 0 Å². The second-order valence-corrected chi connectivity index (χ2v) is 4.66. The van der Waals surface area contributed by atoms with E-state index in [-0.39, 0.29) is 6.10 Å². The third-order valence-corrected chi connectivity index (χ3v) is 2.85. The van der Waals surface area contributed by atoms with Crippen LogP contribution in [0.25, 0.3) is 0 Å². The predicted octanol–water partition coefficient (Wildman–Crippen LogP) is 1.13. The minimum Gasteiger partial charge on any atom is -0.382 e. The summed E-state index contributed by atoms with van der Waals surface area (Å²) in [6.45, 7) is 2.91. The molecule has 6 nitrogen and oxygen atoms in total. The van der Waals surface area contributed by atoms with Gasteiger partial charge in [0.05, 0.1) is 6.61 Å². The number of aromatic nitrogens is 2. The van der Waals surface area contributed by atoms with Crippen LogP contribution in [-0.2, 0) is 15.0 Å². The number of nitrogens with zero attached hydrogens (tertiary/aromatic N) is 2. The van der Waals surface area contributed by atoms with Gasteiger partial charge >= 0.3 is 0 Å². The van der Waals surface area contributed by atoms with Crippen molar-refractivity contribution in [3.05, 3.63) is 11.7 Å². The van der Waals surface area contributed by atoms with Gasteiger partial charge in [0.1, 0.15) is 11.6 Å². The maximum Gasteiger partial charge on any atom is 0.255 e. The second kappa shape index (κ2) is 5.12. The summed E-state index contributed by atoms with van der Waals surface area (Å²) in [5.41, 5.74) is 5.31. The first kappa shape index (κ1) is 12.5. The SMILES string of the molecule is COCC(C)(N)c1noc(C2CCCCO2)n1. The van der Waals surface area contributed by atoms with Gasteiger partial charge in [-0.15, -0.1) is 0 Å². The molecule has 2 heterocycles. The zero-order valence-corrected chi connectivity index (χ0v) is 10.3. The van der Waals surface area contributed by atoms with Gasteiger partial charge in [0.15, 0.2) is 5.82 Å². The molecule has 17 heavy (non-hydrogen) atoms. The Kier molecular flexibility index (Phi) is 3.76. The maximum atomic E-state index is 6.04. The van der Waals surface area contributed by atoms with Gasteiger partial charge in [0, 0.05) is 13.7 Å². The molecule has 0 aliphatic carbocycles. The number of nitrogens with two attached hydrogens (primary N) is 1. The minimum absolute atomic E-state index is 0.0802. The lowest BCUT2D eigenvalue weighted by Crippen LogP contribution is -2.39. The van der Waals surface area contributed by atoms with E-state index in [1.165, 1.54) is 0 Å². The topological polar surface area (TPSA) is 83.4 Å². The van der Waals surface area contributed by atoms with Crippen molar-refractivity contribution in [3.8, 4) is 0 Å². The lowest BCUT2D eigenvalue weighted by atomic mass is 10.1. The summed E-state index contributed by atoms with van der Waals surface area (Å²) in [5.74, 6) is 0.982. The van der Waals surface area contributed by atoms with Crippen LogP contribution < -0.4 is 5.73 Å². The van der Waals surface area contributed by atoms with Crippen LogP contribution in [0.2, 0.25) is 0 Å². The van der Waals surface area contributed by atoms with E-state index in [1.807, 2.05) is 6.92 Å². The van der Waals surface area contributed by atoms with Crippen LogP contribution in [0.5, 0.6) is 0 Å².